The van der Waals surface area contributed by atoms with Gasteiger partial charge in [-0.15, -0.1) is 5.10 Å². The van der Waals surface area contributed by atoms with Crippen LogP contribution in [0.25, 0.3) is 0 Å². The van der Waals surface area contributed by atoms with Crippen LogP contribution in [0.3, 0.4) is 0 Å². The zero-order valence-electron chi connectivity index (χ0n) is 21.9. The molecule has 0 saturated carbocycles. The van der Waals surface area contributed by atoms with Gasteiger partial charge in [-0.25, -0.2) is 14.4 Å². The highest BCUT2D eigenvalue weighted by atomic mass is 19.4. The number of aromatic nitrogens is 3. The molecule has 2 aliphatic rings. The van der Waals surface area contributed by atoms with Gasteiger partial charge in [0.15, 0.2) is 5.82 Å². The lowest BCUT2D eigenvalue weighted by Crippen LogP contribution is -2.36. The molecule has 20 heteroatoms. The van der Waals surface area contributed by atoms with Crippen LogP contribution in [0.4, 0.5) is 45.3 Å². The number of likely N-dealkylation sites (tertiary alicyclic amines) is 1. The van der Waals surface area contributed by atoms with Gasteiger partial charge in [0.1, 0.15) is 0 Å². The van der Waals surface area contributed by atoms with Crippen molar-refractivity contribution in [1.29, 1.82) is 0 Å². The van der Waals surface area contributed by atoms with Gasteiger partial charge in [-0.2, -0.15) is 44.6 Å². The van der Waals surface area contributed by atoms with Crippen LogP contribution in [-0.2, 0) is 20.9 Å². The fourth-order valence-corrected chi connectivity index (χ4v) is 3.80. The molecule has 3 N–H and O–H groups in total. The van der Waals surface area contributed by atoms with E-state index < -0.39 is 36.4 Å². The Kier molecular flexibility index (Phi) is 13.1. The average Bonchev–Trinajstić information content (AvgIpc) is 3.48. The molecule has 0 bridgehead atoms. The Balaban J connectivity index is 0.000000363. The summed E-state index contributed by atoms with van der Waals surface area (Å²) in [5.41, 5.74) is 2.14. The number of carboxylic acids is 3. The topological polar surface area (TPSA) is 157 Å². The molecule has 4 heterocycles. The second kappa shape index (κ2) is 15.3. The molecule has 0 aliphatic carbocycles. The highest BCUT2D eigenvalue weighted by Gasteiger charge is 2.43. The van der Waals surface area contributed by atoms with E-state index in [2.05, 4.69) is 49.2 Å². The van der Waals surface area contributed by atoms with Gasteiger partial charge in [0, 0.05) is 37.9 Å². The van der Waals surface area contributed by atoms with Crippen molar-refractivity contribution in [3.63, 3.8) is 0 Å². The first kappa shape index (κ1) is 36.8. The smallest absolute Gasteiger partial charge is 0.475 e. The van der Waals surface area contributed by atoms with Crippen LogP contribution in [-0.4, -0.2) is 97.0 Å². The maximum absolute atomic E-state index is 10.6. The number of fused-ring (bicyclic) bond motifs is 1. The first-order valence-electron chi connectivity index (χ1n) is 11.8. The lowest BCUT2D eigenvalue weighted by molar-refractivity contribution is -0.193. The maximum atomic E-state index is 10.6. The Morgan fingerprint density at radius 1 is 0.767 bits per heavy atom. The largest absolute Gasteiger partial charge is 0.490 e. The summed E-state index contributed by atoms with van der Waals surface area (Å²) in [6.45, 7) is 5.15. The number of carbonyl (C=O) groups is 3. The summed E-state index contributed by atoms with van der Waals surface area (Å²) in [5.74, 6) is -7.25. The van der Waals surface area contributed by atoms with E-state index in [-0.39, 0.29) is 0 Å². The maximum Gasteiger partial charge on any atom is 0.490 e. The number of aryl methyl sites for hydroxylation is 1. The molecule has 2 saturated heterocycles. The normalized spacial score (nSPS) is 18.1. The van der Waals surface area contributed by atoms with Crippen molar-refractivity contribution in [1.82, 2.24) is 20.1 Å². The van der Waals surface area contributed by atoms with Crippen molar-refractivity contribution < 1.29 is 69.2 Å². The van der Waals surface area contributed by atoms with E-state index >= 15 is 0 Å². The van der Waals surface area contributed by atoms with E-state index in [1.54, 1.807) is 0 Å². The fraction of sp³-hybridized carbons (Fsp3) is 0.478. The van der Waals surface area contributed by atoms with Gasteiger partial charge in [-0.1, -0.05) is 6.07 Å². The Labute approximate surface area is 236 Å². The van der Waals surface area contributed by atoms with Crippen molar-refractivity contribution in [2.45, 2.75) is 56.9 Å². The standard InChI is InChI=1S/C17H21N5.3C2HF3O2/c1-13-5-6-17(20-19-13)22-11-8-15-16(22)7-10-21(15)12-14-4-2-3-9-18-14;3*3-2(4,5)1(6)7/h2-6,9,15-16H,7-8,10-12H2,1H3;3*(H,6,7). The predicted molar refractivity (Wildman–Crippen MR) is 127 cm³/mol. The van der Waals surface area contributed by atoms with Crippen LogP contribution < -0.4 is 4.90 Å². The first-order chi connectivity index (χ1) is 19.6. The number of pyridine rings is 1. The number of carboxylic acid groups (broad SMARTS) is 3. The van der Waals surface area contributed by atoms with Crippen molar-refractivity contribution in [2.75, 3.05) is 18.0 Å². The lowest BCUT2D eigenvalue weighted by Gasteiger charge is -2.25. The SMILES string of the molecule is Cc1ccc(N2CCC3C2CCN3Cc2ccccn2)nn1.O=C(O)C(F)(F)F.O=C(O)C(F)(F)F.O=C(O)C(F)(F)F. The third kappa shape index (κ3) is 12.7. The molecule has 2 fully saturated rings. The Morgan fingerprint density at radius 3 is 1.65 bits per heavy atom. The minimum absolute atomic E-state index is 0.570. The van der Waals surface area contributed by atoms with Crippen LogP contribution >= 0.6 is 0 Å². The van der Waals surface area contributed by atoms with Crippen molar-refractivity contribution in [3.05, 3.63) is 47.9 Å². The van der Waals surface area contributed by atoms with Crippen molar-refractivity contribution in [2.24, 2.45) is 0 Å². The number of hydrogen-bond donors (Lipinski definition) is 3. The Morgan fingerprint density at radius 2 is 1.26 bits per heavy atom. The van der Waals surface area contributed by atoms with Crippen LogP contribution in [0.2, 0.25) is 0 Å². The molecule has 0 amide bonds. The highest BCUT2D eigenvalue weighted by molar-refractivity contribution is 5.73. The van der Waals surface area contributed by atoms with Crippen molar-refractivity contribution in [3.8, 4) is 0 Å². The van der Waals surface area contributed by atoms with Gasteiger partial charge in [0.25, 0.3) is 0 Å². The zero-order valence-corrected chi connectivity index (χ0v) is 21.9. The van der Waals surface area contributed by atoms with Crippen LogP contribution in [0, 0.1) is 6.92 Å². The third-order valence-electron chi connectivity index (χ3n) is 5.59. The van der Waals surface area contributed by atoms with Crippen LogP contribution in [0.5, 0.6) is 0 Å². The molecule has 240 valence electrons. The van der Waals surface area contributed by atoms with E-state index in [1.807, 2.05) is 19.2 Å². The summed E-state index contributed by atoms with van der Waals surface area (Å²) in [6.07, 6.45) is -11.0. The molecular weight excluding hydrogens is 613 g/mol. The summed E-state index contributed by atoms with van der Waals surface area (Å²) >= 11 is 0. The predicted octanol–water partition coefficient (Wildman–Crippen LogP) is 3.93. The number of rotatable bonds is 3. The molecule has 11 nitrogen and oxygen atoms in total. The Hall–Kier alpha value is -4.23. The summed E-state index contributed by atoms with van der Waals surface area (Å²) in [5, 5.41) is 30.0. The molecule has 2 aromatic heterocycles. The van der Waals surface area contributed by atoms with E-state index in [1.165, 1.54) is 12.8 Å². The molecule has 4 rings (SSSR count). The third-order valence-corrected chi connectivity index (χ3v) is 5.59. The van der Waals surface area contributed by atoms with Crippen LogP contribution in [0.1, 0.15) is 24.2 Å². The second-order valence-corrected chi connectivity index (χ2v) is 8.64. The molecular formula is C23H24F9N5O6. The molecule has 2 aromatic rings. The van der Waals surface area contributed by atoms with E-state index in [9.17, 15) is 39.5 Å². The monoisotopic (exact) mass is 637 g/mol. The minimum Gasteiger partial charge on any atom is -0.475 e. The molecule has 2 unspecified atom stereocenters. The van der Waals surface area contributed by atoms with Gasteiger partial charge in [0.2, 0.25) is 0 Å². The van der Waals surface area contributed by atoms with E-state index in [4.69, 9.17) is 29.7 Å². The zero-order chi connectivity index (χ0) is 33.2. The summed E-state index contributed by atoms with van der Waals surface area (Å²) in [6, 6.07) is 11.5. The molecule has 2 aliphatic heterocycles. The lowest BCUT2D eigenvalue weighted by atomic mass is 10.1. The van der Waals surface area contributed by atoms with E-state index in [0.29, 0.717) is 12.1 Å². The quantitative estimate of drug-likeness (QED) is 0.419. The van der Waals surface area contributed by atoms with Gasteiger partial charge < -0.3 is 20.2 Å². The Bertz CT molecular complexity index is 1140. The first-order valence-corrected chi connectivity index (χ1v) is 11.8. The molecule has 0 radical (unpaired) electrons. The highest BCUT2D eigenvalue weighted by Crippen LogP contribution is 2.34. The number of halogens is 9. The minimum atomic E-state index is -5.08. The van der Waals surface area contributed by atoms with Gasteiger partial charge >= 0.3 is 36.4 Å². The average molecular weight is 637 g/mol. The van der Waals surface area contributed by atoms with Gasteiger partial charge in [-0.3, -0.25) is 9.88 Å². The molecule has 0 spiro atoms. The number of anilines is 1. The number of alkyl halides is 9. The van der Waals surface area contributed by atoms with Gasteiger partial charge in [0.05, 0.1) is 11.4 Å². The van der Waals surface area contributed by atoms with Crippen molar-refractivity contribution >= 4 is 23.7 Å². The summed E-state index contributed by atoms with van der Waals surface area (Å²) in [7, 11) is 0. The summed E-state index contributed by atoms with van der Waals surface area (Å²) < 4.78 is 95.2. The molecule has 2 atom stereocenters. The van der Waals surface area contributed by atoms with E-state index in [0.717, 1.165) is 36.8 Å². The van der Waals surface area contributed by atoms with Gasteiger partial charge in [-0.05, 0) is 44.0 Å². The fourth-order valence-electron chi connectivity index (χ4n) is 3.80. The second-order valence-electron chi connectivity index (χ2n) is 8.64. The van der Waals surface area contributed by atoms with Crippen LogP contribution in [0.15, 0.2) is 36.5 Å². The summed E-state index contributed by atoms with van der Waals surface area (Å²) in [4.78, 5) is 36.2. The molecule has 0 aromatic carbocycles. The number of nitrogens with zero attached hydrogens (tertiary/aromatic N) is 5. The molecule has 43 heavy (non-hydrogen) atoms. The number of hydrogen-bond acceptors (Lipinski definition) is 8. The number of aliphatic carboxylic acids is 3.